The monoisotopic (exact) mass is 465 g/mol. The number of aliphatic hydroxyl groups excluding tert-OH is 1. The molecule has 1 fully saturated rings. The molecule has 33 heavy (non-hydrogen) atoms. The molecule has 1 aliphatic carbocycles. The zero-order valence-electron chi connectivity index (χ0n) is 18.5. The maximum atomic E-state index is 12.6. The molecular formula is C22H29N2O9-3. The van der Waals surface area contributed by atoms with Crippen LogP contribution in [0, 0.1) is 0 Å². The number of nitrogens with zero attached hydrogens (tertiary/aromatic N) is 2. The van der Waals surface area contributed by atoms with Crippen LogP contribution >= 0.6 is 0 Å². The molecule has 0 amide bonds. The molecule has 11 heteroatoms. The first-order valence-electron chi connectivity index (χ1n) is 10.8. The van der Waals surface area contributed by atoms with Gasteiger partial charge in [-0.2, -0.15) is 0 Å². The summed E-state index contributed by atoms with van der Waals surface area (Å²) < 4.78 is 10.6. The van der Waals surface area contributed by atoms with Crippen LogP contribution in [0.3, 0.4) is 0 Å². The number of hydrogen-bond acceptors (Lipinski definition) is 11. The number of esters is 1. The van der Waals surface area contributed by atoms with Gasteiger partial charge >= 0.3 is 5.97 Å². The van der Waals surface area contributed by atoms with Gasteiger partial charge in [0.25, 0.3) is 0 Å². The molecule has 184 valence electrons. The van der Waals surface area contributed by atoms with Gasteiger partial charge in [-0.05, 0) is 50.3 Å². The molecule has 0 heterocycles. The van der Waals surface area contributed by atoms with E-state index in [0.717, 1.165) is 12.8 Å². The van der Waals surface area contributed by atoms with Gasteiger partial charge in [-0.25, -0.2) is 0 Å². The lowest BCUT2D eigenvalue weighted by molar-refractivity contribution is -0.483. The third-order valence-corrected chi connectivity index (χ3v) is 5.39. The number of aliphatic carboxylic acids is 2. The number of carbonyl (C=O) groups excluding carboxylic acids is 3. The van der Waals surface area contributed by atoms with E-state index in [1.807, 2.05) is 6.92 Å². The lowest BCUT2D eigenvalue weighted by Crippen LogP contribution is -2.60. The summed E-state index contributed by atoms with van der Waals surface area (Å²) in [6.07, 6.45) is 0.327. The maximum Gasteiger partial charge on any atom is 0.325 e. The van der Waals surface area contributed by atoms with Gasteiger partial charge in [0.2, 0.25) is 0 Å². The molecule has 0 spiro atoms. The topological polar surface area (TPSA) is 166 Å². The van der Waals surface area contributed by atoms with Crippen LogP contribution in [0.4, 0.5) is 0 Å². The van der Waals surface area contributed by atoms with Crippen molar-refractivity contribution >= 4 is 17.9 Å². The first kappa shape index (κ1) is 26.5. The molecule has 3 atom stereocenters. The highest BCUT2D eigenvalue weighted by atomic mass is 16.5. The van der Waals surface area contributed by atoms with Crippen LogP contribution in [-0.4, -0.2) is 84.0 Å². The maximum absolute atomic E-state index is 12.6. The minimum absolute atomic E-state index is 0.255. The molecule has 0 radical (unpaired) electrons. The Kier molecular flexibility index (Phi) is 10.5. The van der Waals surface area contributed by atoms with E-state index in [1.54, 1.807) is 24.3 Å². The number of aliphatic hydroxyl groups is 1. The number of rotatable bonds is 13. The second kappa shape index (κ2) is 13.1. The van der Waals surface area contributed by atoms with E-state index in [1.165, 1.54) is 9.80 Å². The van der Waals surface area contributed by atoms with Gasteiger partial charge in [0.05, 0.1) is 25.1 Å². The molecule has 0 bridgehead atoms. The Morgan fingerprint density at radius 1 is 0.970 bits per heavy atom. The van der Waals surface area contributed by atoms with Crippen LogP contribution in [0.15, 0.2) is 24.3 Å². The number of ether oxygens (including phenoxy) is 2. The quantitative estimate of drug-likeness (QED) is 0.180. The van der Waals surface area contributed by atoms with Crippen LogP contribution in [0.5, 0.6) is 11.5 Å². The predicted octanol–water partition coefficient (Wildman–Crippen LogP) is -2.92. The molecule has 1 N–H and O–H groups in total. The van der Waals surface area contributed by atoms with Crippen LogP contribution < -0.4 is 24.8 Å². The molecule has 0 aromatic heterocycles. The Morgan fingerprint density at radius 2 is 1.48 bits per heavy atom. The molecule has 1 aromatic carbocycles. The van der Waals surface area contributed by atoms with Crippen molar-refractivity contribution < 1.29 is 44.3 Å². The molecule has 2 rings (SSSR count). The van der Waals surface area contributed by atoms with Gasteiger partial charge in [-0.3, -0.25) is 14.6 Å². The Labute approximate surface area is 192 Å². The first-order valence-corrected chi connectivity index (χ1v) is 10.8. The molecule has 0 aliphatic heterocycles. The van der Waals surface area contributed by atoms with Gasteiger partial charge in [0.15, 0.2) is 0 Å². The summed E-state index contributed by atoms with van der Waals surface area (Å²) in [5, 5.41) is 43.2. The summed E-state index contributed by atoms with van der Waals surface area (Å²) in [6, 6.07) is 5.22. The number of carboxylic acid groups (broad SMARTS) is 2. The zero-order valence-corrected chi connectivity index (χ0v) is 18.5. The van der Waals surface area contributed by atoms with Crippen molar-refractivity contribution in [2.24, 2.45) is 0 Å². The number of carbonyl (C=O) groups is 3. The van der Waals surface area contributed by atoms with Crippen molar-refractivity contribution in [1.82, 2.24) is 9.80 Å². The van der Waals surface area contributed by atoms with Crippen molar-refractivity contribution in [3.8, 4) is 11.5 Å². The van der Waals surface area contributed by atoms with Gasteiger partial charge < -0.3 is 39.5 Å². The molecule has 1 saturated carbocycles. The minimum atomic E-state index is -2.04. The molecule has 11 nitrogen and oxygen atoms in total. The highest BCUT2D eigenvalue weighted by Crippen LogP contribution is 2.28. The third kappa shape index (κ3) is 8.97. The van der Waals surface area contributed by atoms with Crippen molar-refractivity contribution in [1.29, 1.82) is 0 Å². The third-order valence-electron chi connectivity index (χ3n) is 5.39. The van der Waals surface area contributed by atoms with Crippen molar-refractivity contribution in [3.05, 3.63) is 24.3 Å². The smallest absolute Gasteiger partial charge is 0.325 e. The Morgan fingerprint density at radius 3 is 2.00 bits per heavy atom. The van der Waals surface area contributed by atoms with E-state index >= 15 is 0 Å². The molecule has 1 aliphatic rings. The number of hydrogen-bond donors (Lipinski definition) is 1. The highest BCUT2D eigenvalue weighted by molar-refractivity contribution is 5.75. The lowest BCUT2D eigenvalue weighted by atomic mass is 9.87. The van der Waals surface area contributed by atoms with Crippen LogP contribution in [0.25, 0.3) is 0 Å². The fraction of sp³-hybridized carbons (Fsp3) is 0.591. The van der Waals surface area contributed by atoms with E-state index < -0.39 is 55.9 Å². The largest absolute Gasteiger partial charge is 0.830 e. The average Bonchev–Trinajstić information content (AvgIpc) is 2.73. The summed E-state index contributed by atoms with van der Waals surface area (Å²) in [5.74, 6) is -2.69. The standard InChI is InChI=1S/C22H31N2O9/c1-2-32-15-7-9-16(10-8-15)33-22(31)14-24(13-21(29)30)18-6-4-3-5-17(18)23(11-19(25)26)12-20(27)28/h7-10,17-19,25H,2-6,11-14H2,1H3,(H,27,28)(H,29,30)/q-1/p-2/t17-,18-,19?/m0/s1. The minimum Gasteiger partial charge on any atom is -0.830 e. The predicted molar refractivity (Wildman–Crippen MR) is 108 cm³/mol. The van der Waals surface area contributed by atoms with E-state index in [2.05, 4.69) is 0 Å². The van der Waals surface area contributed by atoms with E-state index in [9.17, 15) is 34.8 Å². The summed E-state index contributed by atoms with van der Waals surface area (Å²) in [5.41, 5.74) is 0. The summed E-state index contributed by atoms with van der Waals surface area (Å²) in [4.78, 5) is 37.8. The number of benzene rings is 1. The Bertz CT molecular complexity index is 785. The summed E-state index contributed by atoms with van der Waals surface area (Å²) in [7, 11) is 0. The summed E-state index contributed by atoms with van der Waals surface area (Å²) >= 11 is 0. The molecule has 0 saturated heterocycles. The van der Waals surface area contributed by atoms with Crippen molar-refractivity contribution in [2.45, 2.75) is 51.0 Å². The van der Waals surface area contributed by atoms with Gasteiger partial charge in [-0.1, -0.05) is 12.8 Å². The number of carboxylic acids is 2. The lowest BCUT2D eigenvalue weighted by Gasteiger charge is -2.46. The Hall–Kier alpha value is -2.73. The summed E-state index contributed by atoms with van der Waals surface area (Å²) in [6.45, 7) is 0.281. The van der Waals surface area contributed by atoms with Crippen LogP contribution in [0.1, 0.15) is 32.6 Å². The van der Waals surface area contributed by atoms with Gasteiger partial charge in [0, 0.05) is 31.7 Å². The Balaban J connectivity index is 2.16. The van der Waals surface area contributed by atoms with Crippen LogP contribution in [-0.2, 0) is 14.4 Å². The second-order valence-electron chi connectivity index (χ2n) is 7.83. The van der Waals surface area contributed by atoms with Crippen LogP contribution in [0.2, 0.25) is 0 Å². The fourth-order valence-corrected chi connectivity index (χ4v) is 4.18. The van der Waals surface area contributed by atoms with Crippen molar-refractivity contribution in [2.75, 3.05) is 32.8 Å². The molecular weight excluding hydrogens is 436 g/mol. The van der Waals surface area contributed by atoms with E-state index in [4.69, 9.17) is 9.47 Å². The van der Waals surface area contributed by atoms with Crippen molar-refractivity contribution in [3.63, 3.8) is 0 Å². The second-order valence-corrected chi connectivity index (χ2v) is 7.83. The molecule has 1 aromatic rings. The SMILES string of the molecule is CCOc1ccc(OC(=O)CN(CC(=O)[O-])[C@H]2CCCC[C@@H]2N(CC(=O)[O-])CC([O-])O)cc1. The van der Waals surface area contributed by atoms with Gasteiger partial charge in [-0.15, -0.1) is 0 Å². The average molecular weight is 465 g/mol. The first-order chi connectivity index (χ1) is 15.7. The van der Waals surface area contributed by atoms with E-state index in [0.29, 0.717) is 25.2 Å². The molecule has 1 unspecified atom stereocenters. The van der Waals surface area contributed by atoms with Gasteiger partial charge in [0.1, 0.15) is 11.5 Å². The van der Waals surface area contributed by atoms with E-state index in [-0.39, 0.29) is 12.3 Å². The normalized spacial score (nSPS) is 19.3. The highest BCUT2D eigenvalue weighted by Gasteiger charge is 2.35. The zero-order chi connectivity index (χ0) is 24.4. The fourth-order valence-electron chi connectivity index (χ4n) is 4.18.